The fourth-order valence-electron chi connectivity index (χ4n) is 2.97. The molecule has 1 atom stereocenters. The number of nitrogens with zero attached hydrogens (tertiary/aromatic N) is 6. The smallest absolute Gasteiger partial charge is 0.323 e. The first-order chi connectivity index (χ1) is 10.3. The van der Waals surface area contributed by atoms with E-state index in [0.29, 0.717) is 6.61 Å². The van der Waals surface area contributed by atoms with Crippen molar-refractivity contribution in [1.29, 1.82) is 0 Å². The predicted molar refractivity (Wildman–Crippen MR) is 73.9 cm³/mol. The lowest BCUT2D eigenvalue weighted by Gasteiger charge is -2.36. The summed E-state index contributed by atoms with van der Waals surface area (Å²) in [7, 11) is 0. The zero-order chi connectivity index (χ0) is 14.2. The van der Waals surface area contributed by atoms with Crippen LogP contribution in [0, 0.1) is 0 Å². The summed E-state index contributed by atoms with van der Waals surface area (Å²) in [5.41, 5.74) is 0.742. The molecular formula is C13H16N6O2. The second-order valence-electron chi connectivity index (χ2n) is 5.32. The normalized spacial score (nSPS) is 23.7. The van der Waals surface area contributed by atoms with E-state index in [4.69, 9.17) is 4.74 Å². The fourth-order valence-corrected chi connectivity index (χ4v) is 2.97. The van der Waals surface area contributed by atoms with Crippen molar-refractivity contribution in [3.05, 3.63) is 18.5 Å². The monoisotopic (exact) mass is 288 g/mol. The van der Waals surface area contributed by atoms with Gasteiger partial charge in [0.2, 0.25) is 0 Å². The minimum absolute atomic E-state index is 0.0551. The van der Waals surface area contributed by atoms with Gasteiger partial charge in [0, 0.05) is 32.6 Å². The van der Waals surface area contributed by atoms with Gasteiger partial charge in [0.25, 0.3) is 0 Å². The Morgan fingerprint density at radius 3 is 2.81 bits per heavy atom. The van der Waals surface area contributed by atoms with E-state index in [-0.39, 0.29) is 12.0 Å². The lowest BCUT2D eigenvalue weighted by atomic mass is 10.2. The number of ether oxygens (including phenoxy) is 1. The van der Waals surface area contributed by atoms with Crippen LogP contribution in [0.15, 0.2) is 18.5 Å². The number of rotatable bonds is 2. The first kappa shape index (κ1) is 12.5. The number of hydrogen-bond donors (Lipinski definition) is 0. The molecule has 0 spiro atoms. The minimum atomic E-state index is -0.0764. The summed E-state index contributed by atoms with van der Waals surface area (Å²) in [4.78, 5) is 16.1. The first-order valence-corrected chi connectivity index (χ1v) is 7.14. The molecule has 2 saturated heterocycles. The summed E-state index contributed by atoms with van der Waals surface area (Å²) in [6.07, 6.45) is 2.41. The van der Waals surface area contributed by atoms with Crippen molar-refractivity contribution in [1.82, 2.24) is 24.7 Å². The highest BCUT2D eigenvalue weighted by molar-refractivity contribution is 5.77. The number of hydrogen-bond acceptors (Lipinski definition) is 7. The van der Waals surface area contributed by atoms with E-state index in [2.05, 4.69) is 25.1 Å². The summed E-state index contributed by atoms with van der Waals surface area (Å²) in [5.74, 6) is 0.837. The first-order valence-electron chi connectivity index (χ1n) is 7.14. The maximum absolute atomic E-state index is 11.6. The van der Waals surface area contributed by atoms with Crippen molar-refractivity contribution in [3.63, 3.8) is 0 Å². The molecule has 0 unspecified atom stereocenters. The third-order valence-corrected chi connectivity index (χ3v) is 4.13. The molecule has 0 radical (unpaired) electrons. The van der Waals surface area contributed by atoms with Crippen LogP contribution in [0.4, 0.5) is 5.82 Å². The van der Waals surface area contributed by atoms with Crippen molar-refractivity contribution in [3.8, 4) is 0 Å². The number of esters is 1. The van der Waals surface area contributed by atoms with Gasteiger partial charge in [-0.15, -0.1) is 15.3 Å². The van der Waals surface area contributed by atoms with Gasteiger partial charge in [0.1, 0.15) is 18.2 Å². The van der Waals surface area contributed by atoms with Gasteiger partial charge in [-0.1, -0.05) is 0 Å². The number of anilines is 1. The van der Waals surface area contributed by atoms with E-state index >= 15 is 0 Å². The van der Waals surface area contributed by atoms with Crippen molar-refractivity contribution in [2.75, 3.05) is 37.7 Å². The molecule has 4 heterocycles. The zero-order valence-corrected chi connectivity index (χ0v) is 11.6. The van der Waals surface area contributed by atoms with E-state index in [0.717, 1.165) is 44.1 Å². The Morgan fingerprint density at radius 1 is 1.19 bits per heavy atom. The molecule has 4 rings (SSSR count). The molecule has 0 bridgehead atoms. The summed E-state index contributed by atoms with van der Waals surface area (Å²) in [6, 6.07) is 3.82. The molecule has 8 nitrogen and oxygen atoms in total. The number of carbonyl (C=O) groups excluding carboxylic acids is 1. The summed E-state index contributed by atoms with van der Waals surface area (Å²) in [5, 5.41) is 12.3. The van der Waals surface area contributed by atoms with Gasteiger partial charge in [-0.05, 0) is 12.1 Å². The molecule has 0 aromatic carbocycles. The topological polar surface area (TPSA) is 75.9 Å². The Labute approximate surface area is 121 Å². The van der Waals surface area contributed by atoms with E-state index in [9.17, 15) is 4.79 Å². The van der Waals surface area contributed by atoms with Crippen molar-refractivity contribution >= 4 is 17.4 Å². The van der Waals surface area contributed by atoms with Crippen LogP contribution >= 0.6 is 0 Å². The molecular weight excluding hydrogens is 272 g/mol. The Hall–Kier alpha value is -2.22. The molecule has 0 N–H and O–H groups in total. The Kier molecular flexibility index (Phi) is 2.95. The van der Waals surface area contributed by atoms with Crippen LogP contribution in [0.3, 0.4) is 0 Å². The second kappa shape index (κ2) is 4.96. The van der Waals surface area contributed by atoms with Gasteiger partial charge in [-0.2, -0.15) is 4.52 Å². The molecule has 2 aromatic heterocycles. The van der Waals surface area contributed by atoms with Gasteiger partial charge in [0.15, 0.2) is 5.65 Å². The van der Waals surface area contributed by atoms with Crippen LogP contribution in [-0.2, 0) is 9.53 Å². The second-order valence-corrected chi connectivity index (χ2v) is 5.32. The predicted octanol–water partition coefficient (Wildman–Crippen LogP) is -0.438. The molecule has 2 aromatic rings. The van der Waals surface area contributed by atoms with Crippen LogP contribution in [0.25, 0.3) is 5.65 Å². The highest BCUT2D eigenvalue weighted by Crippen LogP contribution is 2.19. The highest BCUT2D eigenvalue weighted by Gasteiger charge is 2.34. The highest BCUT2D eigenvalue weighted by atomic mass is 16.5. The number of piperazine rings is 1. The zero-order valence-electron chi connectivity index (χ0n) is 11.6. The molecule has 0 amide bonds. The molecule has 2 aliphatic rings. The van der Waals surface area contributed by atoms with Crippen molar-refractivity contribution in [2.24, 2.45) is 0 Å². The average molecular weight is 288 g/mol. The quantitative estimate of drug-likeness (QED) is 0.693. The number of aromatic nitrogens is 4. The summed E-state index contributed by atoms with van der Waals surface area (Å²) < 4.78 is 6.72. The third kappa shape index (κ3) is 2.21. The van der Waals surface area contributed by atoms with Gasteiger partial charge >= 0.3 is 5.97 Å². The fraction of sp³-hybridized carbons (Fsp3) is 0.538. The maximum Gasteiger partial charge on any atom is 0.323 e. The maximum atomic E-state index is 11.6. The van der Waals surface area contributed by atoms with E-state index in [1.54, 1.807) is 10.8 Å². The van der Waals surface area contributed by atoms with Gasteiger partial charge in [0.05, 0.1) is 6.61 Å². The number of carbonyl (C=O) groups is 1. The third-order valence-electron chi connectivity index (χ3n) is 4.13. The van der Waals surface area contributed by atoms with Crippen LogP contribution in [0.2, 0.25) is 0 Å². The molecule has 110 valence electrons. The Morgan fingerprint density at radius 2 is 2.05 bits per heavy atom. The van der Waals surface area contributed by atoms with Crippen LogP contribution in [0.1, 0.15) is 6.42 Å². The van der Waals surface area contributed by atoms with Crippen LogP contribution < -0.4 is 4.90 Å². The molecule has 8 heteroatoms. The number of fused-ring (bicyclic) bond motifs is 1. The molecule has 0 saturated carbocycles. The molecule has 2 aliphatic heterocycles. The Bertz CT molecular complexity index is 663. The van der Waals surface area contributed by atoms with Gasteiger partial charge < -0.3 is 9.64 Å². The Balaban J connectivity index is 1.45. The van der Waals surface area contributed by atoms with Crippen molar-refractivity contribution in [2.45, 2.75) is 12.5 Å². The number of cyclic esters (lactones) is 1. The van der Waals surface area contributed by atoms with Crippen molar-refractivity contribution < 1.29 is 9.53 Å². The molecule has 0 aliphatic carbocycles. The average Bonchev–Trinajstić information content (AvgIpc) is 3.15. The summed E-state index contributed by atoms with van der Waals surface area (Å²) >= 11 is 0. The van der Waals surface area contributed by atoms with Gasteiger partial charge in [-0.25, -0.2) is 0 Å². The van der Waals surface area contributed by atoms with E-state index < -0.39 is 0 Å². The lowest BCUT2D eigenvalue weighted by molar-refractivity contribution is -0.142. The standard InChI is InChI=1S/C13H16N6O2/c20-13-10(3-8-21-13)17-4-6-18(7-5-17)12-2-1-11-15-14-9-19(11)16-12/h1-2,9-10H,3-8H2/t10-/m1/s1. The van der Waals surface area contributed by atoms with Gasteiger partial charge in [-0.3, -0.25) is 9.69 Å². The largest absolute Gasteiger partial charge is 0.464 e. The molecule has 21 heavy (non-hydrogen) atoms. The van der Waals surface area contributed by atoms with E-state index in [1.807, 2.05) is 12.1 Å². The SMILES string of the molecule is O=C1OCC[C@H]1N1CCN(c2ccc3nncn3n2)CC1. The van der Waals surface area contributed by atoms with Crippen LogP contribution in [-0.4, -0.2) is 69.5 Å². The molecule has 2 fully saturated rings. The van der Waals surface area contributed by atoms with E-state index in [1.165, 1.54) is 0 Å². The summed E-state index contributed by atoms with van der Waals surface area (Å²) in [6.45, 7) is 3.95. The van der Waals surface area contributed by atoms with Crippen LogP contribution in [0.5, 0.6) is 0 Å². The lowest BCUT2D eigenvalue weighted by Crippen LogP contribution is -2.51. The minimum Gasteiger partial charge on any atom is -0.464 e.